The molecule has 1 aliphatic carbocycles. The molecule has 100 valence electrons. The van der Waals surface area contributed by atoms with Gasteiger partial charge in [-0.25, -0.2) is 0 Å². The second-order valence-corrected chi connectivity index (χ2v) is 6.33. The monoisotopic (exact) mass is 242 g/mol. The predicted molar refractivity (Wildman–Crippen MR) is 70.9 cm³/mol. The van der Waals surface area contributed by atoms with Crippen molar-refractivity contribution in [2.75, 3.05) is 0 Å². The Morgan fingerprint density at radius 3 is 1.88 bits per heavy atom. The summed E-state index contributed by atoms with van der Waals surface area (Å²) in [5, 5.41) is 20.2. The molecule has 0 aromatic carbocycles. The second-order valence-electron chi connectivity index (χ2n) is 6.33. The maximum Gasteiger partial charge on any atom is 0.457 e. The lowest BCUT2D eigenvalue weighted by Gasteiger charge is -2.39. The lowest BCUT2D eigenvalue weighted by atomic mass is 9.67. The van der Waals surface area contributed by atoms with Crippen LogP contribution < -0.4 is 0 Å². The van der Waals surface area contributed by atoms with Crippen LogP contribution in [0.3, 0.4) is 0 Å². The molecule has 1 saturated carbocycles. The maximum absolute atomic E-state index is 10.2. The summed E-state index contributed by atoms with van der Waals surface area (Å²) in [5.41, 5.74) is -1.70. The molecule has 1 rings (SSSR count). The fourth-order valence-corrected chi connectivity index (χ4v) is 2.14. The maximum atomic E-state index is 10.2. The van der Waals surface area contributed by atoms with Gasteiger partial charge in [-0.15, -0.1) is 0 Å². The van der Waals surface area contributed by atoms with Crippen LogP contribution in [0.25, 0.3) is 0 Å². The Labute approximate surface area is 106 Å². The summed E-state index contributed by atoms with van der Waals surface area (Å²) in [5.74, 6) is 0.221. The van der Waals surface area contributed by atoms with E-state index in [4.69, 9.17) is 4.65 Å². The van der Waals surface area contributed by atoms with Crippen LogP contribution in [0.1, 0.15) is 66.2 Å². The Kier molecular flexibility index (Phi) is 5.05. The van der Waals surface area contributed by atoms with Gasteiger partial charge in [0.1, 0.15) is 0 Å². The van der Waals surface area contributed by atoms with Gasteiger partial charge in [-0.05, 0) is 33.5 Å². The number of rotatable bonds is 4. The van der Waals surface area contributed by atoms with E-state index in [2.05, 4.69) is 0 Å². The van der Waals surface area contributed by atoms with Crippen molar-refractivity contribution in [3.05, 3.63) is 0 Å². The lowest BCUT2D eigenvalue weighted by Crippen LogP contribution is -2.51. The molecule has 0 heterocycles. The number of hydrogen-bond donors (Lipinski definition) is 2. The van der Waals surface area contributed by atoms with E-state index in [1.54, 1.807) is 13.8 Å². The Balaban J connectivity index is 2.55. The van der Waals surface area contributed by atoms with Crippen molar-refractivity contribution in [3.63, 3.8) is 0 Å². The molecule has 1 aliphatic rings. The molecule has 0 saturated heterocycles. The van der Waals surface area contributed by atoms with E-state index in [0.29, 0.717) is 0 Å². The standard InChI is InChI=1S/C13H27BO3/c1-12(2,15)13(3,4)17-14(16)11-9-7-5-6-8-10-11/h11,15-16H,5-10H2,1-4H3. The van der Waals surface area contributed by atoms with Crippen molar-refractivity contribution in [2.24, 2.45) is 0 Å². The minimum atomic E-state index is -0.960. The van der Waals surface area contributed by atoms with Gasteiger partial charge in [-0.1, -0.05) is 38.5 Å². The molecule has 2 N–H and O–H groups in total. The summed E-state index contributed by atoms with van der Waals surface area (Å²) in [7, 11) is -0.755. The molecule has 0 atom stereocenters. The average Bonchev–Trinajstić information content (AvgIpc) is 2.42. The van der Waals surface area contributed by atoms with Crippen LogP contribution in [-0.2, 0) is 4.65 Å². The van der Waals surface area contributed by atoms with Gasteiger partial charge in [-0.3, -0.25) is 0 Å². The zero-order chi connectivity index (χ0) is 13.1. The summed E-state index contributed by atoms with van der Waals surface area (Å²) in [6.07, 6.45) is 6.94. The van der Waals surface area contributed by atoms with E-state index < -0.39 is 18.3 Å². The summed E-state index contributed by atoms with van der Waals surface area (Å²) in [6, 6.07) is 0. The number of aliphatic hydroxyl groups is 1. The summed E-state index contributed by atoms with van der Waals surface area (Å²) < 4.78 is 5.70. The van der Waals surface area contributed by atoms with Crippen LogP contribution in [0.2, 0.25) is 5.82 Å². The minimum absolute atomic E-state index is 0.221. The molecule has 3 nitrogen and oxygen atoms in total. The first kappa shape index (κ1) is 15.0. The molecule has 0 amide bonds. The van der Waals surface area contributed by atoms with Gasteiger partial charge in [0.15, 0.2) is 0 Å². The highest BCUT2D eigenvalue weighted by atomic mass is 16.5. The summed E-state index contributed by atoms with van der Waals surface area (Å²) >= 11 is 0. The SMILES string of the molecule is CC(C)(O)C(C)(C)OB(O)C1CCCCCC1. The molecule has 4 heteroatoms. The van der Waals surface area contributed by atoms with E-state index >= 15 is 0 Å². The first-order valence-corrected chi connectivity index (χ1v) is 6.82. The third-order valence-corrected chi connectivity index (χ3v) is 4.19. The van der Waals surface area contributed by atoms with Gasteiger partial charge in [-0.2, -0.15) is 0 Å². The van der Waals surface area contributed by atoms with Crippen LogP contribution >= 0.6 is 0 Å². The third kappa shape index (κ3) is 4.27. The van der Waals surface area contributed by atoms with Gasteiger partial charge in [0.2, 0.25) is 0 Å². The fourth-order valence-electron chi connectivity index (χ4n) is 2.14. The number of hydrogen-bond acceptors (Lipinski definition) is 3. The van der Waals surface area contributed by atoms with Crippen LogP contribution in [0, 0.1) is 0 Å². The highest BCUT2D eigenvalue weighted by Crippen LogP contribution is 2.33. The van der Waals surface area contributed by atoms with E-state index in [1.807, 2.05) is 13.8 Å². The minimum Gasteiger partial charge on any atom is -0.427 e. The van der Waals surface area contributed by atoms with Gasteiger partial charge in [0, 0.05) is 0 Å². The molecule has 17 heavy (non-hydrogen) atoms. The fraction of sp³-hybridized carbons (Fsp3) is 1.00. The van der Waals surface area contributed by atoms with Crippen LogP contribution in [0.4, 0.5) is 0 Å². The quantitative estimate of drug-likeness (QED) is 0.588. The zero-order valence-electron chi connectivity index (χ0n) is 11.7. The second kappa shape index (κ2) is 5.72. The molecule has 0 bridgehead atoms. The molecular formula is C13H27BO3. The molecule has 0 radical (unpaired) electrons. The Morgan fingerprint density at radius 2 is 1.47 bits per heavy atom. The van der Waals surface area contributed by atoms with E-state index in [0.717, 1.165) is 12.8 Å². The Hall–Kier alpha value is -0.0551. The lowest BCUT2D eigenvalue weighted by molar-refractivity contribution is -0.101. The average molecular weight is 242 g/mol. The van der Waals surface area contributed by atoms with Crippen molar-refractivity contribution in [3.8, 4) is 0 Å². The van der Waals surface area contributed by atoms with Gasteiger partial charge in [0.25, 0.3) is 0 Å². The van der Waals surface area contributed by atoms with Crippen molar-refractivity contribution in [1.29, 1.82) is 0 Å². The molecule has 0 aliphatic heterocycles. The van der Waals surface area contributed by atoms with Crippen molar-refractivity contribution in [2.45, 2.75) is 83.2 Å². The smallest absolute Gasteiger partial charge is 0.427 e. The molecular weight excluding hydrogens is 215 g/mol. The zero-order valence-corrected chi connectivity index (χ0v) is 11.7. The van der Waals surface area contributed by atoms with Crippen molar-refractivity contribution in [1.82, 2.24) is 0 Å². The summed E-state index contributed by atoms with van der Waals surface area (Å²) in [4.78, 5) is 0. The van der Waals surface area contributed by atoms with Crippen molar-refractivity contribution >= 4 is 7.12 Å². The molecule has 1 fully saturated rings. The van der Waals surface area contributed by atoms with Gasteiger partial charge in [0.05, 0.1) is 11.2 Å². The first-order valence-electron chi connectivity index (χ1n) is 6.82. The third-order valence-electron chi connectivity index (χ3n) is 4.19. The highest BCUT2D eigenvalue weighted by molar-refractivity contribution is 6.44. The van der Waals surface area contributed by atoms with Crippen LogP contribution in [0.15, 0.2) is 0 Å². The normalized spacial score (nSPS) is 20.1. The van der Waals surface area contributed by atoms with Crippen LogP contribution in [-0.4, -0.2) is 28.5 Å². The largest absolute Gasteiger partial charge is 0.457 e. The molecule has 0 aromatic rings. The summed E-state index contributed by atoms with van der Waals surface area (Å²) in [6.45, 7) is 7.08. The molecule has 0 unspecified atom stereocenters. The van der Waals surface area contributed by atoms with E-state index in [1.165, 1.54) is 25.7 Å². The van der Waals surface area contributed by atoms with Crippen molar-refractivity contribution < 1.29 is 14.8 Å². The van der Waals surface area contributed by atoms with Gasteiger partial charge >= 0.3 is 7.12 Å². The molecule has 0 spiro atoms. The first-order chi connectivity index (χ1) is 7.74. The van der Waals surface area contributed by atoms with E-state index in [9.17, 15) is 10.1 Å². The Bertz CT molecular complexity index is 227. The Morgan fingerprint density at radius 1 is 1.00 bits per heavy atom. The van der Waals surface area contributed by atoms with Gasteiger partial charge < -0.3 is 14.8 Å². The predicted octanol–water partition coefficient (Wildman–Crippen LogP) is 2.76. The topological polar surface area (TPSA) is 49.7 Å². The van der Waals surface area contributed by atoms with Crippen LogP contribution in [0.5, 0.6) is 0 Å². The van der Waals surface area contributed by atoms with E-state index in [-0.39, 0.29) is 5.82 Å². The highest BCUT2D eigenvalue weighted by Gasteiger charge is 2.41. The molecule has 0 aromatic heterocycles.